The van der Waals surface area contributed by atoms with E-state index in [9.17, 15) is 18.3 Å². The number of hydrogen-bond donors (Lipinski definition) is 1. The molecule has 3 atom stereocenters. The molecule has 1 fully saturated rings. The Morgan fingerprint density at radius 2 is 1.85 bits per heavy atom. The summed E-state index contributed by atoms with van der Waals surface area (Å²) in [5, 5.41) is 9.90. The average Bonchev–Trinajstić information content (AvgIpc) is 2.65. The van der Waals surface area contributed by atoms with Crippen molar-refractivity contribution in [2.75, 3.05) is 26.0 Å². The molecule has 150 valence electrons. The van der Waals surface area contributed by atoms with Gasteiger partial charge in [-0.1, -0.05) is 43.3 Å². The minimum atomic E-state index is -3.48. The highest BCUT2D eigenvalue weighted by Crippen LogP contribution is 2.43. The summed E-state index contributed by atoms with van der Waals surface area (Å²) in [6, 6.07) is 7.05. The van der Waals surface area contributed by atoms with Crippen LogP contribution in [0.1, 0.15) is 44.2 Å². The van der Waals surface area contributed by atoms with E-state index in [1.807, 2.05) is 43.3 Å². The number of carbonyl (C=O) groups is 1. The Bertz CT molecular complexity index is 774. The Morgan fingerprint density at radius 3 is 2.33 bits per heavy atom. The second-order valence-electron chi connectivity index (χ2n) is 6.87. The van der Waals surface area contributed by atoms with Gasteiger partial charge in [0.1, 0.15) is 0 Å². The predicted molar refractivity (Wildman–Crippen MR) is 108 cm³/mol. The molecule has 2 rings (SSSR count). The lowest BCUT2D eigenvalue weighted by Gasteiger charge is -2.54. The molecule has 7 heteroatoms. The number of nitrogens with zero attached hydrogens (tertiary/aromatic N) is 2. The first-order valence-electron chi connectivity index (χ1n) is 9.39. The SMILES string of the molecule is C/C=C/c1ccc([C@H]2[C@@H](CO)N(S(=O)(=O)CC)[C@@H]2CN(C)C(=O)CC)cc1. The fourth-order valence-corrected chi connectivity index (χ4v) is 5.30. The number of carbonyl (C=O) groups excluding carboxylic acids is 1. The van der Waals surface area contributed by atoms with Crippen molar-refractivity contribution in [3.05, 3.63) is 41.5 Å². The third-order valence-corrected chi connectivity index (χ3v) is 7.14. The van der Waals surface area contributed by atoms with Crippen molar-refractivity contribution < 1.29 is 18.3 Å². The van der Waals surface area contributed by atoms with E-state index < -0.39 is 16.1 Å². The molecule has 1 saturated heterocycles. The van der Waals surface area contributed by atoms with E-state index >= 15 is 0 Å². The van der Waals surface area contributed by atoms with Gasteiger partial charge in [-0.3, -0.25) is 4.79 Å². The molecule has 0 aliphatic carbocycles. The largest absolute Gasteiger partial charge is 0.395 e. The number of amides is 1. The van der Waals surface area contributed by atoms with Crippen LogP contribution in [0.3, 0.4) is 0 Å². The molecule has 0 bridgehead atoms. The summed E-state index contributed by atoms with van der Waals surface area (Å²) in [5.74, 6) is -0.208. The number of benzene rings is 1. The van der Waals surface area contributed by atoms with Gasteiger partial charge in [-0.05, 0) is 25.0 Å². The maximum Gasteiger partial charge on any atom is 0.222 e. The Balaban J connectivity index is 2.37. The highest BCUT2D eigenvalue weighted by atomic mass is 32.2. The van der Waals surface area contributed by atoms with Crippen LogP contribution in [-0.2, 0) is 14.8 Å². The van der Waals surface area contributed by atoms with Gasteiger partial charge in [0, 0.05) is 25.9 Å². The number of rotatable bonds is 8. The van der Waals surface area contributed by atoms with Crippen molar-refractivity contribution in [3.8, 4) is 0 Å². The maximum atomic E-state index is 12.6. The van der Waals surface area contributed by atoms with E-state index in [1.54, 1.807) is 25.8 Å². The first-order valence-corrected chi connectivity index (χ1v) is 11.0. The lowest BCUT2D eigenvalue weighted by Crippen LogP contribution is -2.68. The third-order valence-electron chi connectivity index (χ3n) is 5.23. The fraction of sp³-hybridized carbons (Fsp3) is 0.550. The Hall–Kier alpha value is -1.70. The minimum absolute atomic E-state index is 0.0292. The van der Waals surface area contributed by atoms with Crippen LogP contribution in [0.4, 0.5) is 0 Å². The van der Waals surface area contributed by atoms with Gasteiger partial charge in [0.05, 0.1) is 24.4 Å². The van der Waals surface area contributed by atoms with Gasteiger partial charge in [-0.15, -0.1) is 0 Å². The quantitative estimate of drug-likeness (QED) is 0.732. The molecule has 0 unspecified atom stereocenters. The van der Waals surface area contributed by atoms with Crippen molar-refractivity contribution in [3.63, 3.8) is 0 Å². The van der Waals surface area contributed by atoms with Crippen molar-refractivity contribution in [1.29, 1.82) is 0 Å². The predicted octanol–water partition coefficient (Wildman–Crippen LogP) is 2.07. The van der Waals surface area contributed by atoms with Crippen LogP contribution in [-0.4, -0.2) is 66.7 Å². The Kier molecular flexibility index (Phi) is 7.19. The van der Waals surface area contributed by atoms with Crippen LogP contribution in [0.2, 0.25) is 0 Å². The molecule has 1 amide bonds. The standard InChI is InChI=1S/C20H30N2O4S/c1-5-8-15-9-11-16(12-10-15)20-17(13-21(4)19(24)6-2)22(18(20)14-23)27(25,26)7-3/h5,8-12,17-18,20,23H,6-7,13-14H2,1-4H3/b8-5+/t17-,18-,20-/m1/s1. The third kappa shape index (κ3) is 4.42. The number of aliphatic hydroxyl groups excluding tert-OH is 1. The topological polar surface area (TPSA) is 77.9 Å². The molecule has 0 radical (unpaired) electrons. The van der Waals surface area contributed by atoms with Crippen LogP contribution in [0.5, 0.6) is 0 Å². The first kappa shape index (κ1) is 21.6. The number of allylic oxidation sites excluding steroid dienone is 1. The number of sulfonamides is 1. The smallest absolute Gasteiger partial charge is 0.222 e. The molecule has 1 aliphatic rings. The van der Waals surface area contributed by atoms with Crippen LogP contribution >= 0.6 is 0 Å². The summed E-state index contributed by atoms with van der Waals surface area (Å²) in [7, 11) is -1.79. The number of aliphatic hydroxyl groups is 1. The molecule has 1 heterocycles. The Labute approximate surface area is 162 Å². The minimum Gasteiger partial charge on any atom is -0.395 e. The molecule has 0 aromatic heterocycles. The summed E-state index contributed by atoms with van der Waals surface area (Å²) in [4.78, 5) is 13.6. The zero-order valence-corrected chi connectivity index (χ0v) is 17.3. The molecule has 1 aromatic rings. The summed E-state index contributed by atoms with van der Waals surface area (Å²) >= 11 is 0. The lowest BCUT2D eigenvalue weighted by atomic mass is 9.77. The Morgan fingerprint density at radius 1 is 1.22 bits per heavy atom. The van der Waals surface area contributed by atoms with Crippen molar-refractivity contribution >= 4 is 22.0 Å². The van der Waals surface area contributed by atoms with Crippen molar-refractivity contribution in [2.45, 2.75) is 45.2 Å². The average molecular weight is 395 g/mol. The summed E-state index contributed by atoms with van der Waals surface area (Å²) in [6.07, 6.45) is 4.32. The van der Waals surface area contributed by atoms with E-state index in [1.165, 1.54) is 4.31 Å². The second-order valence-corrected chi connectivity index (χ2v) is 9.03. The molecule has 1 aromatic carbocycles. The summed E-state index contributed by atoms with van der Waals surface area (Å²) in [5.41, 5.74) is 2.04. The zero-order chi connectivity index (χ0) is 20.2. The normalized spacial score (nSPS) is 23.4. The van der Waals surface area contributed by atoms with Gasteiger partial charge < -0.3 is 10.0 Å². The van der Waals surface area contributed by atoms with Gasteiger partial charge in [0.25, 0.3) is 0 Å². The van der Waals surface area contributed by atoms with Crippen LogP contribution in [0.25, 0.3) is 6.08 Å². The van der Waals surface area contributed by atoms with E-state index in [0.29, 0.717) is 13.0 Å². The van der Waals surface area contributed by atoms with Crippen LogP contribution in [0, 0.1) is 0 Å². The highest BCUT2D eigenvalue weighted by molar-refractivity contribution is 7.89. The molecular formula is C20H30N2O4S. The van der Waals surface area contributed by atoms with E-state index in [2.05, 4.69) is 0 Å². The molecule has 1 N–H and O–H groups in total. The zero-order valence-electron chi connectivity index (χ0n) is 16.5. The number of hydrogen-bond acceptors (Lipinski definition) is 4. The van der Waals surface area contributed by atoms with Crippen molar-refractivity contribution in [2.24, 2.45) is 0 Å². The monoisotopic (exact) mass is 394 g/mol. The fourth-order valence-electron chi connectivity index (χ4n) is 3.79. The lowest BCUT2D eigenvalue weighted by molar-refractivity contribution is -0.131. The van der Waals surface area contributed by atoms with E-state index in [4.69, 9.17) is 0 Å². The molecular weight excluding hydrogens is 364 g/mol. The van der Waals surface area contributed by atoms with Crippen LogP contribution < -0.4 is 0 Å². The summed E-state index contributed by atoms with van der Waals surface area (Å²) in [6.45, 7) is 5.40. The van der Waals surface area contributed by atoms with Crippen LogP contribution in [0.15, 0.2) is 30.3 Å². The first-order chi connectivity index (χ1) is 12.8. The molecule has 1 aliphatic heterocycles. The molecule has 27 heavy (non-hydrogen) atoms. The van der Waals surface area contributed by atoms with Gasteiger partial charge in [-0.25, -0.2) is 8.42 Å². The highest BCUT2D eigenvalue weighted by Gasteiger charge is 2.54. The van der Waals surface area contributed by atoms with Gasteiger partial charge in [0.15, 0.2) is 0 Å². The van der Waals surface area contributed by atoms with Gasteiger partial charge in [0.2, 0.25) is 15.9 Å². The second kappa shape index (κ2) is 8.99. The van der Waals surface area contributed by atoms with Crippen molar-refractivity contribution in [1.82, 2.24) is 9.21 Å². The molecule has 0 spiro atoms. The van der Waals surface area contributed by atoms with E-state index in [-0.39, 0.29) is 30.2 Å². The van der Waals surface area contributed by atoms with Gasteiger partial charge in [-0.2, -0.15) is 4.31 Å². The maximum absolute atomic E-state index is 12.6. The van der Waals surface area contributed by atoms with Gasteiger partial charge >= 0.3 is 0 Å². The summed E-state index contributed by atoms with van der Waals surface area (Å²) < 4.78 is 26.6. The molecule has 0 saturated carbocycles. The molecule has 6 nitrogen and oxygen atoms in total. The van der Waals surface area contributed by atoms with E-state index in [0.717, 1.165) is 11.1 Å². The number of likely N-dealkylation sites (N-methyl/N-ethyl adjacent to an activating group) is 1.